The molecule has 0 fully saturated rings. The van der Waals surface area contributed by atoms with Crippen LogP contribution in [0.2, 0.25) is 0 Å². The van der Waals surface area contributed by atoms with E-state index in [4.69, 9.17) is 10.5 Å². The van der Waals surface area contributed by atoms with E-state index in [1.807, 2.05) is 13.0 Å². The van der Waals surface area contributed by atoms with Crippen molar-refractivity contribution in [2.75, 3.05) is 5.73 Å². The lowest BCUT2D eigenvalue weighted by molar-refractivity contribution is 0.476. The summed E-state index contributed by atoms with van der Waals surface area (Å²) in [5, 5.41) is 0. The highest BCUT2D eigenvalue weighted by Crippen LogP contribution is 2.24. The fraction of sp³-hybridized carbons (Fsp3) is 0.0769. The molecule has 0 amide bonds. The molecule has 0 aliphatic carbocycles. The van der Waals surface area contributed by atoms with Gasteiger partial charge in [-0.05, 0) is 42.8 Å². The van der Waals surface area contributed by atoms with Gasteiger partial charge in [-0.2, -0.15) is 0 Å². The number of halogens is 1. The van der Waals surface area contributed by atoms with Crippen LogP contribution in [0.3, 0.4) is 0 Å². The summed E-state index contributed by atoms with van der Waals surface area (Å²) in [5.74, 6) is 0.811. The van der Waals surface area contributed by atoms with Crippen molar-refractivity contribution in [1.82, 2.24) is 0 Å². The molecule has 82 valence electrons. The van der Waals surface area contributed by atoms with E-state index >= 15 is 0 Å². The summed E-state index contributed by atoms with van der Waals surface area (Å²) in [6.07, 6.45) is 0. The molecule has 0 aliphatic heterocycles. The van der Waals surface area contributed by atoms with E-state index < -0.39 is 0 Å². The van der Waals surface area contributed by atoms with Gasteiger partial charge in [-0.15, -0.1) is 0 Å². The van der Waals surface area contributed by atoms with Crippen molar-refractivity contribution in [3.8, 4) is 11.5 Å². The average Bonchev–Trinajstić information content (AvgIpc) is 2.24. The molecule has 16 heavy (non-hydrogen) atoms. The first-order valence-corrected chi connectivity index (χ1v) is 4.95. The Labute approximate surface area is 93.5 Å². The van der Waals surface area contributed by atoms with Gasteiger partial charge in [-0.3, -0.25) is 0 Å². The van der Waals surface area contributed by atoms with Gasteiger partial charge < -0.3 is 10.5 Å². The molecule has 2 aromatic carbocycles. The van der Waals surface area contributed by atoms with Gasteiger partial charge in [-0.25, -0.2) is 4.39 Å². The van der Waals surface area contributed by atoms with E-state index in [0.29, 0.717) is 17.2 Å². The molecule has 0 unspecified atom stereocenters. The molecule has 0 heterocycles. The standard InChI is InChI=1S/C13H12FNO/c1-9-7-12(5-6-13(9)15)16-11-4-2-3-10(14)8-11/h2-8H,15H2,1H3. The number of rotatable bonds is 2. The van der Waals surface area contributed by atoms with Crippen molar-refractivity contribution in [3.63, 3.8) is 0 Å². The first-order valence-electron chi connectivity index (χ1n) is 4.95. The highest BCUT2D eigenvalue weighted by atomic mass is 19.1. The van der Waals surface area contributed by atoms with Crippen LogP contribution in [0.4, 0.5) is 10.1 Å². The molecule has 2 N–H and O–H groups in total. The Kier molecular flexibility index (Phi) is 2.77. The Bertz CT molecular complexity index is 511. The molecule has 2 nitrogen and oxygen atoms in total. The molecule has 3 heteroatoms. The molecule has 2 aromatic rings. The highest BCUT2D eigenvalue weighted by Gasteiger charge is 2.00. The van der Waals surface area contributed by atoms with Crippen molar-refractivity contribution in [2.45, 2.75) is 6.92 Å². The summed E-state index contributed by atoms with van der Waals surface area (Å²) in [6, 6.07) is 11.4. The number of hydrogen-bond donors (Lipinski definition) is 1. The number of aryl methyl sites for hydroxylation is 1. The van der Waals surface area contributed by atoms with Crippen molar-refractivity contribution in [1.29, 1.82) is 0 Å². The second-order valence-corrected chi connectivity index (χ2v) is 3.58. The van der Waals surface area contributed by atoms with Gasteiger partial charge >= 0.3 is 0 Å². The number of benzene rings is 2. The second-order valence-electron chi connectivity index (χ2n) is 3.58. The van der Waals surface area contributed by atoms with E-state index in [0.717, 1.165) is 5.56 Å². The van der Waals surface area contributed by atoms with Gasteiger partial charge in [-0.1, -0.05) is 6.07 Å². The van der Waals surface area contributed by atoms with Crippen molar-refractivity contribution >= 4 is 5.69 Å². The SMILES string of the molecule is Cc1cc(Oc2cccc(F)c2)ccc1N. The molecular formula is C13H12FNO. The van der Waals surface area contributed by atoms with Gasteiger partial charge in [0.05, 0.1) is 0 Å². The summed E-state index contributed by atoms with van der Waals surface area (Å²) in [7, 11) is 0. The lowest BCUT2D eigenvalue weighted by Gasteiger charge is -2.07. The van der Waals surface area contributed by atoms with Gasteiger partial charge in [0, 0.05) is 11.8 Å². The maximum Gasteiger partial charge on any atom is 0.130 e. The Morgan fingerprint density at radius 1 is 1.06 bits per heavy atom. The smallest absolute Gasteiger partial charge is 0.130 e. The maximum absolute atomic E-state index is 12.9. The minimum Gasteiger partial charge on any atom is -0.457 e. The molecule has 0 bridgehead atoms. The Balaban J connectivity index is 2.24. The third-order valence-electron chi connectivity index (χ3n) is 2.27. The first-order chi connectivity index (χ1) is 7.65. The number of nitrogen functional groups attached to an aromatic ring is 1. The molecule has 2 rings (SSSR count). The van der Waals surface area contributed by atoms with Gasteiger partial charge in [0.25, 0.3) is 0 Å². The molecule has 0 aliphatic rings. The summed E-state index contributed by atoms with van der Waals surface area (Å²) >= 11 is 0. The lowest BCUT2D eigenvalue weighted by Crippen LogP contribution is -1.90. The van der Waals surface area contributed by atoms with Crippen LogP contribution < -0.4 is 10.5 Å². The van der Waals surface area contributed by atoms with E-state index in [9.17, 15) is 4.39 Å². The van der Waals surface area contributed by atoms with Crippen molar-refractivity contribution in [2.24, 2.45) is 0 Å². The van der Waals surface area contributed by atoms with Crippen LogP contribution in [0.25, 0.3) is 0 Å². The monoisotopic (exact) mass is 217 g/mol. The third-order valence-corrected chi connectivity index (χ3v) is 2.27. The van der Waals surface area contributed by atoms with E-state index in [2.05, 4.69) is 0 Å². The minimum atomic E-state index is -0.315. The Hall–Kier alpha value is -2.03. The lowest BCUT2D eigenvalue weighted by atomic mass is 10.2. The van der Waals surface area contributed by atoms with Crippen LogP contribution in [0.15, 0.2) is 42.5 Å². The predicted molar refractivity (Wildman–Crippen MR) is 62.1 cm³/mol. The van der Waals surface area contributed by atoms with Crippen LogP contribution in [0, 0.1) is 12.7 Å². The molecule has 0 radical (unpaired) electrons. The van der Waals surface area contributed by atoms with Crippen LogP contribution in [-0.2, 0) is 0 Å². The normalized spacial score (nSPS) is 10.1. The largest absolute Gasteiger partial charge is 0.457 e. The van der Waals surface area contributed by atoms with Gasteiger partial charge in [0.15, 0.2) is 0 Å². The third kappa shape index (κ3) is 2.31. The Morgan fingerprint density at radius 2 is 1.81 bits per heavy atom. The number of nitrogens with two attached hydrogens (primary N) is 1. The minimum absolute atomic E-state index is 0.315. The zero-order valence-corrected chi connectivity index (χ0v) is 8.91. The fourth-order valence-corrected chi connectivity index (χ4v) is 1.38. The highest BCUT2D eigenvalue weighted by molar-refractivity contribution is 5.50. The Morgan fingerprint density at radius 3 is 2.50 bits per heavy atom. The zero-order valence-electron chi connectivity index (χ0n) is 8.91. The topological polar surface area (TPSA) is 35.2 Å². The average molecular weight is 217 g/mol. The number of hydrogen-bond acceptors (Lipinski definition) is 2. The van der Waals surface area contributed by atoms with Crippen molar-refractivity contribution in [3.05, 3.63) is 53.8 Å². The summed E-state index contributed by atoms with van der Waals surface area (Å²) in [6.45, 7) is 1.90. The molecule has 0 spiro atoms. The van der Waals surface area contributed by atoms with Crippen molar-refractivity contribution < 1.29 is 9.13 Å². The predicted octanol–water partition coefficient (Wildman–Crippen LogP) is 3.51. The van der Waals surface area contributed by atoms with Crippen LogP contribution in [0.5, 0.6) is 11.5 Å². The van der Waals surface area contributed by atoms with E-state index in [1.54, 1.807) is 24.3 Å². The van der Waals surface area contributed by atoms with Gasteiger partial charge in [0.2, 0.25) is 0 Å². The van der Waals surface area contributed by atoms with Crippen LogP contribution in [-0.4, -0.2) is 0 Å². The first kappa shape index (κ1) is 10.5. The van der Waals surface area contributed by atoms with Gasteiger partial charge in [0.1, 0.15) is 17.3 Å². The molecule has 0 saturated heterocycles. The van der Waals surface area contributed by atoms with E-state index in [1.165, 1.54) is 12.1 Å². The maximum atomic E-state index is 12.9. The summed E-state index contributed by atoms with van der Waals surface area (Å²) in [5.41, 5.74) is 7.34. The summed E-state index contributed by atoms with van der Waals surface area (Å²) in [4.78, 5) is 0. The number of ether oxygens (including phenoxy) is 1. The number of anilines is 1. The van der Waals surface area contributed by atoms with Crippen LogP contribution in [0.1, 0.15) is 5.56 Å². The second kappa shape index (κ2) is 4.23. The molecule has 0 saturated carbocycles. The fourth-order valence-electron chi connectivity index (χ4n) is 1.38. The molecular weight excluding hydrogens is 205 g/mol. The summed E-state index contributed by atoms with van der Waals surface area (Å²) < 4.78 is 18.4. The zero-order chi connectivity index (χ0) is 11.5. The quantitative estimate of drug-likeness (QED) is 0.781. The molecule has 0 aromatic heterocycles. The molecule has 0 atom stereocenters. The van der Waals surface area contributed by atoms with E-state index in [-0.39, 0.29) is 5.82 Å². The van der Waals surface area contributed by atoms with Crippen LogP contribution >= 0.6 is 0 Å².